The SMILES string of the molecule is CN(c1ncccc1CNc1nc(Nc2cccc(C(=O)N3CCC(C)(O)C3)c2)ncc1C(F)(F)F)S(C)(=O)=O. The summed E-state index contributed by atoms with van der Waals surface area (Å²) in [6.07, 6.45) is -1.33. The highest BCUT2D eigenvalue weighted by atomic mass is 32.2. The molecule has 1 aliphatic rings. The zero-order chi connectivity index (χ0) is 29.3. The minimum Gasteiger partial charge on any atom is -0.388 e. The molecule has 0 radical (unpaired) electrons. The normalized spacial score (nSPS) is 17.5. The molecule has 1 amide bonds. The topological polar surface area (TPSA) is 141 Å². The number of nitrogens with one attached hydrogen (secondary N) is 2. The number of aromatic nitrogens is 3. The highest BCUT2D eigenvalue weighted by Gasteiger charge is 2.36. The van der Waals surface area contributed by atoms with Crippen molar-refractivity contribution in [1.29, 1.82) is 0 Å². The summed E-state index contributed by atoms with van der Waals surface area (Å²) in [5.74, 6) is -0.930. The van der Waals surface area contributed by atoms with Gasteiger partial charge in [0, 0.05) is 55.9 Å². The van der Waals surface area contributed by atoms with Gasteiger partial charge in [0.05, 0.1) is 11.9 Å². The molecule has 3 N–H and O–H groups in total. The summed E-state index contributed by atoms with van der Waals surface area (Å²) >= 11 is 0. The predicted octanol–water partition coefficient (Wildman–Crippen LogP) is 3.24. The van der Waals surface area contributed by atoms with Gasteiger partial charge in [-0.05, 0) is 37.6 Å². The van der Waals surface area contributed by atoms with Crippen molar-refractivity contribution in [2.75, 3.05) is 41.3 Å². The summed E-state index contributed by atoms with van der Waals surface area (Å²) in [4.78, 5) is 26.3. The van der Waals surface area contributed by atoms with Crippen LogP contribution < -0.4 is 14.9 Å². The molecule has 1 unspecified atom stereocenters. The smallest absolute Gasteiger partial charge is 0.388 e. The van der Waals surface area contributed by atoms with Crippen molar-refractivity contribution in [3.05, 3.63) is 65.5 Å². The molecular formula is C25H28F3N7O4S. The predicted molar refractivity (Wildman–Crippen MR) is 143 cm³/mol. The number of carbonyl (C=O) groups is 1. The number of carbonyl (C=O) groups excluding carboxylic acids is 1. The molecule has 0 aliphatic carbocycles. The largest absolute Gasteiger partial charge is 0.421 e. The Bertz CT molecular complexity index is 1520. The van der Waals surface area contributed by atoms with Gasteiger partial charge >= 0.3 is 6.18 Å². The first-order chi connectivity index (χ1) is 18.6. The van der Waals surface area contributed by atoms with E-state index < -0.39 is 33.2 Å². The van der Waals surface area contributed by atoms with Gasteiger partial charge in [-0.3, -0.25) is 9.10 Å². The van der Waals surface area contributed by atoms with E-state index in [2.05, 4.69) is 25.6 Å². The Morgan fingerprint density at radius 1 is 1.23 bits per heavy atom. The molecule has 15 heteroatoms. The highest BCUT2D eigenvalue weighted by Crippen LogP contribution is 2.35. The highest BCUT2D eigenvalue weighted by molar-refractivity contribution is 7.92. The van der Waals surface area contributed by atoms with E-state index in [1.807, 2.05) is 0 Å². The third-order valence-corrected chi connectivity index (χ3v) is 7.48. The fraction of sp³-hybridized carbons (Fsp3) is 0.360. The Morgan fingerprint density at radius 2 is 1.98 bits per heavy atom. The van der Waals surface area contributed by atoms with E-state index in [1.165, 1.54) is 36.3 Å². The van der Waals surface area contributed by atoms with E-state index in [0.717, 1.165) is 10.6 Å². The second-order valence-electron chi connectivity index (χ2n) is 9.70. The molecule has 11 nitrogen and oxygen atoms in total. The zero-order valence-corrected chi connectivity index (χ0v) is 22.7. The lowest BCUT2D eigenvalue weighted by atomic mass is 10.1. The first-order valence-corrected chi connectivity index (χ1v) is 13.9. The summed E-state index contributed by atoms with van der Waals surface area (Å²) in [6.45, 7) is 2.04. The Labute approximate surface area is 229 Å². The standard InChI is InChI=1S/C25H28F3N7O4S/c1-24(37)9-11-35(15-24)22(36)16-6-4-8-18(12-16)32-23-31-14-19(25(26,27)28)20(33-23)30-13-17-7-5-10-29-21(17)34(2)40(3,38)39/h4-8,10,12,14,37H,9,11,13,15H2,1-3H3,(H2,30,31,32,33). The molecule has 214 valence electrons. The van der Waals surface area contributed by atoms with Gasteiger partial charge < -0.3 is 20.6 Å². The monoisotopic (exact) mass is 579 g/mol. The Kier molecular flexibility index (Phi) is 7.90. The van der Waals surface area contributed by atoms with E-state index in [9.17, 15) is 31.5 Å². The number of hydrogen-bond acceptors (Lipinski definition) is 9. The van der Waals surface area contributed by atoms with E-state index in [1.54, 1.807) is 25.1 Å². The van der Waals surface area contributed by atoms with Crippen LogP contribution in [-0.2, 0) is 22.7 Å². The van der Waals surface area contributed by atoms with E-state index in [-0.39, 0.29) is 30.8 Å². The summed E-state index contributed by atoms with van der Waals surface area (Å²) in [6, 6.07) is 9.40. The molecular weight excluding hydrogens is 551 g/mol. The number of halogens is 3. The zero-order valence-electron chi connectivity index (χ0n) is 21.9. The molecule has 1 atom stereocenters. The van der Waals surface area contributed by atoms with Gasteiger partial charge in [0.25, 0.3) is 5.91 Å². The third kappa shape index (κ3) is 6.77. The van der Waals surface area contributed by atoms with Crippen molar-refractivity contribution in [3.63, 3.8) is 0 Å². The van der Waals surface area contributed by atoms with Crippen LogP contribution in [0.15, 0.2) is 48.8 Å². The van der Waals surface area contributed by atoms with Crippen LogP contribution in [0.4, 0.5) is 36.4 Å². The number of amides is 1. The molecule has 1 aliphatic heterocycles. The lowest BCUT2D eigenvalue weighted by Gasteiger charge is -2.20. The van der Waals surface area contributed by atoms with Crippen LogP contribution >= 0.6 is 0 Å². The maximum absolute atomic E-state index is 13.7. The Balaban J connectivity index is 1.57. The number of nitrogens with zero attached hydrogens (tertiary/aromatic N) is 5. The van der Waals surface area contributed by atoms with Crippen LogP contribution in [0.1, 0.15) is 34.8 Å². The number of benzene rings is 1. The first-order valence-electron chi connectivity index (χ1n) is 12.1. The number of sulfonamides is 1. The van der Waals surface area contributed by atoms with E-state index >= 15 is 0 Å². The molecule has 4 rings (SSSR count). The molecule has 0 bridgehead atoms. The molecule has 3 heterocycles. The third-order valence-electron chi connectivity index (χ3n) is 6.31. The second kappa shape index (κ2) is 10.9. The van der Waals surface area contributed by atoms with Gasteiger partial charge in [0.1, 0.15) is 17.2 Å². The van der Waals surface area contributed by atoms with Crippen molar-refractivity contribution in [3.8, 4) is 0 Å². The first kappa shape index (κ1) is 29.0. The summed E-state index contributed by atoms with van der Waals surface area (Å²) in [7, 11) is -2.38. The lowest BCUT2D eigenvalue weighted by Crippen LogP contribution is -2.33. The molecule has 2 aromatic heterocycles. The molecule has 1 saturated heterocycles. The number of pyridine rings is 1. The van der Waals surface area contributed by atoms with Crippen molar-refractivity contribution < 1.29 is 31.5 Å². The van der Waals surface area contributed by atoms with Crippen LogP contribution in [0.3, 0.4) is 0 Å². The maximum Gasteiger partial charge on any atom is 0.421 e. The molecule has 1 fully saturated rings. The number of anilines is 4. The quantitative estimate of drug-likeness (QED) is 0.367. The van der Waals surface area contributed by atoms with Crippen molar-refractivity contribution in [2.45, 2.75) is 31.7 Å². The van der Waals surface area contributed by atoms with Crippen molar-refractivity contribution in [2.24, 2.45) is 0 Å². The summed E-state index contributed by atoms with van der Waals surface area (Å²) < 4.78 is 66.1. The minimum atomic E-state index is -4.77. The van der Waals surface area contributed by atoms with Crippen LogP contribution in [0.2, 0.25) is 0 Å². The van der Waals surface area contributed by atoms with Gasteiger partial charge in [0.15, 0.2) is 0 Å². The van der Waals surface area contributed by atoms with Gasteiger partial charge in [-0.1, -0.05) is 12.1 Å². The minimum absolute atomic E-state index is 0.0551. The number of aliphatic hydroxyl groups is 1. The molecule has 1 aromatic carbocycles. The Hall–Kier alpha value is -3.98. The molecule has 40 heavy (non-hydrogen) atoms. The van der Waals surface area contributed by atoms with Crippen molar-refractivity contribution in [1.82, 2.24) is 19.9 Å². The van der Waals surface area contributed by atoms with Gasteiger partial charge in [0.2, 0.25) is 16.0 Å². The summed E-state index contributed by atoms with van der Waals surface area (Å²) in [5.41, 5.74) is -1.06. The van der Waals surface area contributed by atoms with Gasteiger partial charge in [-0.15, -0.1) is 0 Å². The molecule has 3 aromatic rings. The average molecular weight is 580 g/mol. The van der Waals surface area contributed by atoms with Gasteiger partial charge in [-0.2, -0.15) is 18.2 Å². The van der Waals surface area contributed by atoms with Crippen LogP contribution in [0.25, 0.3) is 0 Å². The van der Waals surface area contributed by atoms with E-state index in [4.69, 9.17) is 0 Å². The summed E-state index contributed by atoms with van der Waals surface area (Å²) in [5, 5.41) is 15.6. The molecule has 0 spiro atoms. The number of hydrogen-bond donors (Lipinski definition) is 3. The molecule has 0 saturated carbocycles. The number of alkyl halides is 3. The Morgan fingerprint density at radius 3 is 2.62 bits per heavy atom. The fourth-order valence-corrected chi connectivity index (χ4v) is 4.61. The average Bonchev–Trinajstić information content (AvgIpc) is 3.25. The number of β-amino-alcohol motifs (C(OH)–C–C–N with tert-alkyl or cyclic N) is 1. The van der Waals surface area contributed by atoms with Crippen molar-refractivity contribution >= 4 is 39.2 Å². The second-order valence-corrected chi connectivity index (χ2v) is 11.7. The maximum atomic E-state index is 13.7. The van der Waals surface area contributed by atoms with E-state index in [0.29, 0.717) is 36.0 Å². The lowest BCUT2D eigenvalue weighted by molar-refractivity contribution is -0.137. The number of likely N-dealkylation sites (tertiary alicyclic amines) is 1. The number of rotatable bonds is 8. The fourth-order valence-electron chi connectivity index (χ4n) is 4.13. The van der Waals surface area contributed by atoms with Gasteiger partial charge in [-0.25, -0.2) is 18.4 Å². The van der Waals surface area contributed by atoms with Crippen LogP contribution in [-0.4, -0.2) is 71.3 Å². The van der Waals surface area contributed by atoms with Crippen LogP contribution in [0, 0.1) is 0 Å². The van der Waals surface area contributed by atoms with Crippen LogP contribution in [0.5, 0.6) is 0 Å².